The first-order chi connectivity index (χ1) is 8.68. The highest BCUT2D eigenvalue weighted by Gasteiger charge is 2.14. The molecule has 18 heavy (non-hydrogen) atoms. The van der Waals surface area contributed by atoms with Crippen LogP contribution in [0.4, 0.5) is 11.4 Å². The van der Waals surface area contributed by atoms with Crippen molar-refractivity contribution < 1.29 is 4.74 Å². The molecule has 4 heteroatoms. The number of hydrogen-bond acceptors (Lipinski definition) is 3. The molecule has 2 rings (SSSR count). The molecule has 1 heterocycles. The SMILES string of the molecule is C/C(=N\c1ccccc1N1CCOCC1)N(C)C. The van der Waals surface area contributed by atoms with Crippen molar-refractivity contribution in [1.82, 2.24) is 4.90 Å². The summed E-state index contributed by atoms with van der Waals surface area (Å²) >= 11 is 0. The molecule has 0 aliphatic carbocycles. The maximum atomic E-state index is 5.39. The minimum atomic E-state index is 0.796. The monoisotopic (exact) mass is 247 g/mol. The van der Waals surface area contributed by atoms with Gasteiger partial charge in [0.15, 0.2) is 0 Å². The normalized spacial score (nSPS) is 16.8. The van der Waals surface area contributed by atoms with Crippen LogP contribution in [0.25, 0.3) is 0 Å². The third-order valence-electron chi connectivity index (χ3n) is 3.16. The average Bonchev–Trinajstić information content (AvgIpc) is 2.40. The first-order valence-electron chi connectivity index (χ1n) is 6.33. The van der Waals surface area contributed by atoms with E-state index >= 15 is 0 Å². The molecule has 1 fully saturated rings. The van der Waals surface area contributed by atoms with Gasteiger partial charge in [-0.1, -0.05) is 12.1 Å². The van der Waals surface area contributed by atoms with Gasteiger partial charge in [-0.2, -0.15) is 0 Å². The number of rotatable bonds is 2. The summed E-state index contributed by atoms with van der Waals surface area (Å²) in [6.07, 6.45) is 0. The summed E-state index contributed by atoms with van der Waals surface area (Å²) in [5, 5.41) is 0. The lowest BCUT2D eigenvalue weighted by molar-refractivity contribution is 0.123. The number of benzene rings is 1. The lowest BCUT2D eigenvalue weighted by atomic mass is 10.2. The molecule has 98 valence electrons. The molecular weight excluding hydrogens is 226 g/mol. The highest BCUT2D eigenvalue weighted by Crippen LogP contribution is 2.29. The number of ether oxygens (including phenoxy) is 1. The Kier molecular flexibility index (Phi) is 4.20. The third kappa shape index (κ3) is 3.01. The van der Waals surface area contributed by atoms with Gasteiger partial charge in [-0.25, -0.2) is 4.99 Å². The summed E-state index contributed by atoms with van der Waals surface area (Å²) in [7, 11) is 4.02. The summed E-state index contributed by atoms with van der Waals surface area (Å²) in [4.78, 5) is 9.06. The van der Waals surface area contributed by atoms with Crippen molar-refractivity contribution in [3.63, 3.8) is 0 Å². The molecule has 0 radical (unpaired) electrons. The van der Waals surface area contributed by atoms with Gasteiger partial charge in [0.25, 0.3) is 0 Å². The Morgan fingerprint density at radius 2 is 1.89 bits per heavy atom. The molecule has 0 atom stereocenters. The second-order valence-corrected chi connectivity index (χ2v) is 4.64. The van der Waals surface area contributed by atoms with E-state index in [1.54, 1.807) is 0 Å². The molecular formula is C14H21N3O. The standard InChI is InChI=1S/C14H21N3O/c1-12(16(2)3)15-13-6-4-5-7-14(13)17-8-10-18-11-9-17/h4-7H,8-11H2,1-3H3/b15-12+. The van der Waals surface area contributed by atoms with Gasteiger partial charge >= 0.3 is 0 Å². The van der Waals surface area contributed by atoms with E-state index in [4.69, 9.17) is 9.73 Å². The highest BCUT2D eigenvalue weighted by atomic mass is 16.5. The number of morpholine rings is 1. The zero-order chi connectivity index (χ0) is 13.0. The molecule has 0 N–H and O–H groups in total. The Bertz CT molecular complexity index is 423. The van der Waals surface area contributed by atoms with Crippen molar-refractivity contribution >= 4 is 17.2 Å². The molecule has 0 spiro atoms. The molecule has 1 aliphatic heterocycles. The van der Waals surface area contributed by atoms with Crippen LogP contribution in [0.3, 0.4) is 0 Å². The number of nitrogens with zero attached hydrogens (tertiary/aromatic N) is 3. The maximum absolute atomic E-state index is 5.39. The molecule has 1 aromatic carbocycles. The molecule has 0 bridgehead atoms. The van der Waals surface area contributed by atoms with Crippen molar-refractivity contribution in [2.75, 3.05) is 45.3 Å². The summed E-state index contributed by atoms with van der Waals surface area (Å²) in [5.41, 5.74) is 2.23. The van der Waals surface area contributed by atoms with Crippen LogP contribution in [0.2, 0.25) is 0 Å². The second kappa shape index (κ2) is 5.87. The Balaban J connectivity index is 2.27. The van der Waals surface area contributed by atoms with Crippen LogP contribution >= 0.6 is 0 Å². The van der Waals surface area contributed by atoms with Crippen molar-refractivity contribution in [2.24, 2.45) is 4.99 Å². The van der Waals surface area contributed by atoms with Gasteiger partial charge in [0.1, 0.15) is 5.84 Å². The number of amidine groups is 1. The van der Waals surface area contributed by atoms with E-state index in [-0.39, 0.29) is 0 Å². The van der Waals surface area contributed by atoms with Crippen molar-refractivity contribution in [2.45, 2.75) is 6.92 Å². The smallest absolute Gasteiger partial charge is 0.101 e. The zero-order valence-corrected chi connectivity index (χ0v) is 11.4. The van der Waals surface area contributed by atoms with E-state index in [9.17, 15) is 0 Å². The Labute approximate surface area is 109 Å². The number of hydrogen-bond donors (Lipinski definition) is 0. The average molecular weight is 247 g/mol. The fraction of sp³-hybridized carbons (Fsp3) is 0.500. The molecule has 1 aliphatic rings. The first kappa shape index (κ1) is 12.9. The summed E-state index contributed by atoms with van der Waals surface area (Å²) in [6.45, 7) is 5.49. The van der Waals surface area contributed by atoms with Crippen molar-refractivity contribution in [3.05, 3.63) is 24.3 Å². The summed E-state index contributed by atoms with van der Waals surface area (Å²) in [6, 6.07) is 8.30. The predicted octanol–water partition coefficient (Wildman–Crippen LogP) is 2.13. The fourth-order valence-corrected chi connectivity index (χ4v) is 1.90. The van der Waals surface area contributed by atoms with E-state index in [0.717, 1.165) is 37.8 Å². The van der Waals surface area contributed by atoms with Gasteiger partial charge in [-0.05, 0) is 19.1 Å². The van der Waals surface area contributed by atoms with Crippen LogP contribution in [0, 0.1) is 0 Å². The van der Waals surface area contributed by atoms with Crippen LogP contribution in [0.5, 0.6) is 0 Å². The van der Waals surface area contributed by atoms with E-state index in [1.165, 1.54) is 5.69 Å². The molecule has 1 aromatic rings. The Hall–Kier alpha value is -1.55. The van der Waals surface area contributed by atoms with Crippen LogP contribution in [0.15, 0.2) is 29.3 Å². The van der Waals surface area contributed by atoms with E-state index in [0.29, 0.717) is 0 Å². The second-order valence-electron chi connectivity index (χ2n) is 4.64. The van der Waals surface area contributed by atoms with Gasteiger partial charge in [0.05, 0.1) is 24.6 Å². The molecule has 0 unspecified atom stereocenters. The molecule has 4 nitrogen and oxygen atoms in total. The third-order valence-corrected chi connectivity index (χ3v) is 3.16. The number of aliphatic imine (C=N–C) groups is 1. The molecule has 0 amide bonds. The quantitative estimate of drug-likeness (QED) is 0.592. The molecule has 0 aromatic heterocycles. The van der Waals surface area contributed by atoms with Gasteiger partial charge in [-0.3, -0.25) is 0 Å². The molecule has 0 saturated carbocycles. The van der Waals surface area contributed by atoms with E-state index in [1.807, 2.05) is 32.0 Å². The van der Waals surface area contributed by atoms with E-state index < -0.39 is 0 Å². The van der Waals surface area contributed by atoms with Crippen LogP contribution in [0.1, 0.15) is 6.92 Å². The molecule has 1 saturated heterocycles. The summed E-state index contributed by atoms with van der Waals surface area (Å²) in [5.74, 6) is 1.01. The maximum Gasteiger partial charge on any atom is 0.101 e. The van der Waals surface area contributed by atoms with Crippen molar-refractivity contribution in [1.29, 1.82) is 0 Å². The van der Waals surface area contributed by atoms with Gasteiger partial charge < -0.3 is 14.5 Å². The van der Waals surface area contributed by atoms with E-state index in [2.05, 4.69) is 23.1 Å². The first-order valence-corrected chi connectivity index (χ1v) is 6.33. The zero-order valence-electron chi connectivity index (χ0n) is 11.4. The number of para-hydroxylation sites is 2. The van der Waals surface area contributed by atoms with Crippen LogP contribution in [-0.4, -0.2) is 51.1 Å². The number of anilines is 1. The topological polar surface area (TPSA) is 28.1 Å². The minimum Gasteiger partial charge on any atom is -0.378 e. The lowest BCUT2D eigenvalue weighted by Gasteiger charge is -2.29. The van der Waals surface area contributed by atoms with Gasteiger partial charge in [0, 0.05) is 27.2 Å². The largest absolute Gasteiger partial charge is 0.378 e. The van der Waals surface area contributed by atoms with Gasteiger partial charge in [0.2, 0.25) is 0 Å². The highest BCUT2D eigenvalue weighted by molar-refractivity contribution is 5.84. The lowest BCUT2D eigenvalue weighted by Crippen LogP contribution is -2.36. The Morgan fingerprint density at radius 1 is 1.22 bits per heavy atom. The van der Waals surface area contributed by atoms with Gasteiger partial charge in [-0.15, -0.1) is 0 Å². The van der Waals surface area contributed by atoms with Crippen LogP contribution < -0.4 is 4.90 Å². The minimum absolute atomic E-state index is 0.796. The summed E-state index contributed by atoms with van der Waals surface area (Å²) < 4.78 is 5.39. The fourth-order valence-electron chi connectivity index (χ4n) is 1.90. The Morgan fingerprint density at radius 3 is 2.56 bits per heavy atom. The predicted molar refractivity (Wildman–Crippen MR) is 75.9 cm³/mol. The van der Waals surface area contributed by atoms with Crippen LogP contribution in [-0.2, 0) is 4.74 Å². The van der Waals surface area contributed by atoms with Crippen molar-refractivity contribution in [3.8, 4) is 0 Å².